The van der Waals surface area contributed by atoms with E-state index in [1.165, 1.54) is 29.7 Å². The van der Waals surface area contributed by atoms with Crippen LogP contribution < -0.4 is 5.32 Å². The van der Waals surface area contributed by atoms with Gasteiger partial charge in [-0.2, -0.15) is 0 Å². The molecule has 1 atom stereocenters. The Morgan fingerprint density at radius 1 is 1.53 bits per heavy atom. The molecule has 1 saturated carbocycles. The van der Waals surface area contributed by atoms with Gasteiger partial charge in [0.15, 0.2) is 0 Å². The Balaban J connectivity index is 1.73. The maximum atomic E-state index is 3.66. The van der Waals surface area contributed by atoms with Gasteiger partial charge in [-0.1, -0.05) is 6.92 Å². The highest BCUT2D eigenvalue weighted by atomic mass is 32.1. The van der Waals surface area contributed by atoms with Gasteiger partial charge in [0.25, 0.3) is 0 Å². The number of aryl methyl sites for hydroxylation is 1. The highest BCUT2D eigenvalue weighted by Gasteiger charge is 2.41. The van der Waals surface area contributed by atoms with Crippen LogP contribution in [0.25, 0.3) is 0 Å². The lowest BCUT2D eigenvalue weighted by Gasteiger charge is -2.20. The zero-order chi connectivity index (χ0) is 10.9. The molecule has 1 aliphatic carbocycles. The van der Waals surface area contributed by atoms with E-state index in [2.05, 4.69) is 37.5 Å². The Kier molecular flexibility index (Phi) is 3.17. The Morgan fingerprint density at radius 2 is 2.27 bits per heavy atom. The first-order valence-electron chi connectivity index (χ1n) is 5.88. The van der Waals surface area contributed by atoms with Gasteiger partial charge in [0.1, 0.15) is 0 Å². The van der Waals surface area contributed by atoms with Crippen molar-refractivity contribution in [1.82, 2.24) is 5.32 Å². The molecule has 0 bridgehead atoms. The molecule has 0 aliphatic heterocycles. The molecule has 0 spiro atoms. The van der Waals surface area contributed by atoms with E-state index in [4.69, 9.17) is 0 Å². The van der Waals surface area contributed by atoms with Crippen molar-refractivity contribution in [2.75, 3.05) is 6.54 Å². The summed E-state index contributed by atoms with van der Waals surface area (Å²) in [7, 11) is 0. The lowest BCUT2D eigenvalue weighted by Crippen LogP contribution is -2.34. The quantitative estimate of drug-likeness (QED) is 0.807. The van der Waals surface area contributed by atoms with Gasteiger partial charge in [0.05, 0.1) is 0 Å². The molecule has 1 N–H and O–H groups in total. The number of rotatable bonds is 5. The Morgan fingerprint density at radius 3 is 2.80 bits per heavy atom. The third-order valence-corrected chi connectivity index (χ3v) is 4.94. The minimum atomic E-state index is 0.602. The average Bonchev–Trinajstić information content (AvgIpc) is 2.83. The first-order valence-corrected chi connectivity index (χ1v) is 6.76. The van der Waals surface area contributed by atoms with Crippen LogP contribution in [-0.2, 0) is 6.42 Å². The predicted octanol–water partition coefficient (Wildman–Crippen LogP) is 3.38. The molecule has 1 aromatic rings. The Hall–Kier alpha value is -0.340. The second kappa shape index (κ2) is 4.26. The van der Waals surface area contributed by atoms with Crippen molar-refractivity contribution in [2.24, 2.45) is 5.41 Å². The van der Waals surface area contributed by atoms with Crippen LogP contribution in [0.2, 0.25) is 0 Å². The monoisotopic (exact) mass is 223 g/mol. The maximum Gasteiger partial charge on any atom is 0.00926 e. The molecule has 2 heteroatoms. The lowest BCUT2D eigenvalue weighted by molar-refractivity contribution is 0.384. The summed E-state index contributed by atoms with van der Waals surface area (Å²) in [6.07, 6.45) is 3.99. The van der Waals surface area contributed by atoms with E-state index in [-0.39, 0.29) is 0 Å². The fourth-order valence-electron chi connectivity index (χ4n) is 1.94. The van der Waals surface area contributed by atoms with E-state index in [0.717, 1.165) is 6.54 Å². The van der Waals surface area contributed by atoms with E-state index in [1.807, 2.05) is 11.3 Å². The third-order valence-electron chi connectivity index (χ3n) is 3.85. The Labute approximate surface area is 96.9 Å². The van der Waals surface area contributed by atoms with E-state index in [0.29, 0.717) is 11.5 Å². The van der Waals surface area contributed by atoms with Crippen molar-refractivity contribution in [3.63, 3.8) is 0 Å². The zero-order valence-electron chi connectivity index (χ0n) is 9.97. The molecule has 0 amide bonds. The van der Waals surface area contributed by atoms with E-state index in [9.17, 15) is 0 Å². The van der Waals surface area contributed by atoms with Gasteiger partial charge in [0, 0.05) is 17.5 Å². The van der Waals surface area contributed by atoms with Crippen LogP contribution in [0.15, 0.2) is 11.4 Å². The van der Waals surface area contributed by atoms with Gasteiger partial charge in [0.2, 0.25) is 0 Å². The van der Waals surface area contributed by atoms with Gasteiger partial charge in [-0.05, 0) is 55.5 Å². The van der Waals surface area contributed by atoms with Gasteiger partial charge in [-0.3, -0.25) is 0 Å². The van der Waals surface area contributed by atoms with Gasteiger partial charge in [-0.15, -0.1) is 11.3 Å². The SMILES string of the molecule is Cc1ccsc1CCNC(C)C1(C)CC1. The van der Waals surface area contributed by atoms with Crippen molar-refractivity contribution in [3.8, 4) is 0 Å². The molecule has 1 fully saturated rings. The standard InChI is InChI=1S/C13H21NS/c1-10-5-9-15-12(10)4-8-14-11(2)13(3)6-7-13/h5,9,11,14H,4,6-8H2,1-3H3. The van der Waals surface area contributed by atoms with Crippen LogP contribution in [-0.4, -0.2) is 12.6 Å². The number of nitrogens with one attached hydrogen (secondary N) is 1. The molecule has 1 aromatic heterocycles. The fourth-order valence-corrected chi connectivity index (χ4v) is 2.85. The number of hydrogen-bond donors (Lipinski definition) is 1. The largest absolute Gasteiger partial charge is 0.313 e. The van der Waals surface area contributed by atoms with Crippen molar-refractivity contribution in [3.05, 3.63) is 21.9 Å². The van der Waals surface area contributed by atoms with Crippen LogP contribution in [0.5, 0.6) is 0 Å². The molecular formula is C13H21NS. The van der Waals surface area contributed by atoms with Crippen LogP contribution in [0, 0.1) is 12.3 Å². The van der Waals surface area contributed by atoms with Crippen molar-refractivity contribution in [1.29, 1.82) is 0 Å². The summed E-state index contributed by atoms with van der Waals surface area (Å²) in [6, 6.07) is 2.89. The van der Waals surface area contributed by atoms with Crippen LogP contribution in [0.4, 0.5) is 0 Å². The molecule has 1 aliphatic rings. The molecule has 1 heterocycles. The van der Waals surface area contributed by atoms with Crippen LogP contribution in [0.3, 0.4) is 0 Å². The molecule has 15 heavy (non-hydrogen) atoms. The molecule has 1 nitrogen and oxygen atoms in total. The van der Waals surface area contributed by atoms with Crippen molar-refractivity contribution >= 4 is 11.3 Å². The summed E-state index contributed by atoms with van der Waals surface area (Å²) < 4.78 is 0. The topological polar surface area (TPSA) is 12.0 Å². The third kappa shape index (κ3) is 2.61. The number of hydrogen-bond acceptors (Lipinski definition) is 2. The molecule has 0 radical (unpaired) electrons. The smallest absolute Gasteiger partial charge is 0.00926 e. The summed E-state index contributed by atoms with van der Waals surface area (Å²) in [6.45, 7) is 8.05. The van der Waals surface area contributed by atoms with Crippen LogP contribution >= 0.6 is 11.3 Å². The molecule has 1 unspecified atom stereocenters. The van der Waals surface area contributed by atoms with Crippen molar-refractivity contribution < 1.29 is 0 Å². The van der Waals surface area contributed by atoms with E-state index >= 15 is 0 Å². The fraction of sp³-hybridized carbons (Fsp3) is 0.692. The second-order valence-corrected chi connectivity index (χ2v) is 6.11. The zero-order valence-corrected chi connectivity index (χ0v) is 10.8. The van der Waals surface area contributed by atoms with Crippen LogP contribution in [0.1, 0.15) is 37.1 Å². The van der Waals surface area contributed by atoms with Gasteiger partial charge >= 0.3 is 0 Å². The predicted molar refractivity (Wildman–Crippen MR) is 67.6 cm³/mol. The average molecular weight is 223 g/mol. The maximum absolute atomic E-state index is 3.66. The van der Waals surface area contributed by atoms with E-state index < -0.39 is 0 Å². The minimum absolute atomic E-state index is 0.602. The first-order chi connectivity index (χ1) is 7.12. The molecule has 84 valence electrons. The normalized spacial score (nSPS) is 20.2. The molecule has 0 aromatic carbocycles. The van der Waals surface area contributed by atoms with Crippen molar-refractivity contribution in [2.45, 2.75) is 46.1 Å². The summed E-state index contributed by atoms with van der Waals surface area (Å²) in [5.41, 5.74) is 2.05. The summed E-state index contributed by atoms with van der Waals surface area (Å²) >= 11 is 1.88. The highest BCUT2D eigenvalue weighted by Crippen LogP contribution is 2.47. The second-order valence-electron chi connectivity index (χ2n) is 5.11. The summed E-state index contributed by atoms with van der Waals surface area (Å²) in [4.78, 5) is 1.54. The van der Waals surface area contributed by atoms with Gasteiger partial charge in [-0.25, -0.2) is 0 Å². The first kappa shape index (κ1) is 11.2. The van der Waals surface area contributed by atoms with E-state index in [1.54, 1.807) is 0 Å². The summed E-state index contributed by atoms with van der Waals surface area (Å²) in [5, 5.41) is 5.85. The highest BCUT2D eigenvalue weighted by molar-refractivity contribution is 7.10. The lowest BCUT2D eigenvalue weighted by atomic mass is 10.0. The molecular weight excluding hydrogens is 202 g/mol. The minimum Gasteiger partial charge on any atom is -0.313 e. The summed E-state index contributed by atoms with van der Waals surface area (Å²) in [5.74, 6) is 0. The molecule has 0 saturated heterocycles. The number of thiophene rings is 1. The molecule has 2 rings (SSSR count). The Bertz CT molecular complexity index is 325. The van der Waals surface area contributed by atoms with Gasteiger partial charge < -0.3 is 5.32 Å².